The third-order valence-electron chi connectivity index (χ3n) is 4.61. The van der Waals surface area contributed by atoms with Crippen LogP contribution >= 0.6 is 0 Å². The van der Waals surface area contributed by atoms with Crippen LogP contribution in [0.1, 0.15) is 27.8 Å². The SMILES string of the molecule is Cn1c(C(NC(=O)c2cc(F)cc(F)c2)c2ccccc2)nc2ccccc21. The average molecular weight is 377 g/mol. The Morgan fingerprint density at radius 3 is 2.29 bits per heavy atom. The van der Waals surface area contributed by atoms with Gasteiger partial charge in [0.25, 0.3) is 5.91 Å². The summed E-state index contributed by atoms with van der Waals surface area (Å²) < 4.78 is 29.0. The minimum atomic E-state index is -0.802. The first-order valence-corrected chi connectivity index (χ1v) is 8.76. The number of halogens is 2. The Hall–Kier alpha value is -3.54. The van der Waals surface area contributed by atoms with E-state index in [-0.39, 0.29) is 5.56 Å². The molecule has 140 valence electrons. The molecule has 0 bridgehead atoms. The van der Waals surface area contributed by atoms with Crippen molar-refractivity contribution in [3.05, 3.63) is 101 Å². The summed E-state index contributed by atoms with van der Waals surface area (Å²) in [6.07, 6.45) is 0. The number of imidazole rings is 1. The average Bonchev–Trinajstić information content (AvgIpc) is 3.02. The highest BCUT2D eigenvalue weighted by Gasteiger charge is 2.23. The maximum atomic E-state index is 13.5. The number of nitrogens with zero attached hydrogens (tertiary/aromatic N) is 2. The summed E-state index contributed by atoms with van der Waals surface area (Å²) in [5.41, 5.74) is 2.44. The van der Waals surface area contributed by atoms with Crippen molar-refractivity contribution in [2.24, 2.45) is 7.05 Å². The molecule has 1 heterocycles. The fraction of sp³-hybridized carbons (Fsp3) is 0.0909. The second-order valence-electron chi connectivity index (χ2n) is 6.49. The predicted octanol–water partition coefficient (Wildman–Crippen LogP) is 4.37. The van der Waals surface area contributed by atoms with Gasteiger partial charge in [-0.2, -0.15) is 0 Å². The van der Waals surface area contributed by atoms with Gasteiger partial charge >= 0.3 is 0 Å². The van der Waals surface area contributed by atoms with Crippen LogP contribution in [0.3, 0.4) is 0 Å². The van der Waals surface area contributed by atoms with E-state index in [0.29, 0.717) is 5.82 Å². The highest BCUT2D eigenvalue weighted by atomic mass is 19.1. The highest BCUT2D eigenvalue weighted by molar-refractivity contribution is 5.94. The Morgan fingerprint density at radius 1 is 0.964 bits per heavy atom. The standard InChI is InChI=1S/C22H17F2N3O/c1-27-19-10-6-5-9-18(19)25-21(27)20(14-7-3-2-4-8-14)26-22(28)15-11-16(23)13-17(24)12-15/h2-13,20H,1H3,(H,26,28). The molecule has 0 saturated carbocycles. The molecule has 0 radical (unpaired) electrons. The molecule has 0 spiro atoms. The molecule has 4 aromatic rings. The molecule has 1 atom stereocenters. The van der Waals surface area contributed by atoms with Crippen molar-refractivity contribution in [2.45, 2.75) is 6.04 Å². The minimum absolute atomic E-state index is 0.0859. The van der Waals surface area contributed by atoms with Gasteiger partial charge in [-0.15, -0.1) is 0 Å². The molecule has 0 aliphatic rings. The minimum Gasteiger partial charge on any atom is -0.338 e. The summed E-state index contributed by atoms with van der Waals surface area (Å²) in [6.45, 7) is 0. The van der Waals surface area contributed by atoms with Crippen LogP contribution in [0.25, 0.3) is 11.0 Å². The first-order chi connectivity index (χ1) is 13.5. The summed E-state index contributed by atoms with van der Waals surface area (Å²) in [7, 11) is 1.87. The molecule has 1 amide bonds. The first kappa shape index (κ1) is 17.9. The number of aromatic nitrogens is 2. The largest absolute Gasteiger partial charge is 0.338 e. The normalized spacial score (nSPS) is 12.1. The molecular formula is C22H17F2N3O. The summed E-state index contributed by atoms with van der Waals surface area (Å²) in [4.78, 5) is 17.4. The summed E-state index contributed by atoms with van der Waals surface area (Å²) in [5.74, 6) is -1.56. The number of nitrogens with one attached hydrogen (secondary N) is 1. The maximum absolute atomic E-state index is 13.5. The second kappa shape index (κ2) is 7.23. The third kappa shape index (κ3) is 3.36. The van der Waals surface area contributed by atoms with E-state index in [4.69, 9.17) is 0 Å². The molecule has 0 aliphatic heterocycles. The zero-order valence-electron chi connectivity index (χ0n) is 15.1. The Kier molecular flexibility index (Phi) is 4.61. The van der Waals surface area contributed by atoms with Crippen LogP contribution in [-0.4, -0.2) is 15.5 Å². The molecule has 4 nitrogen and oxygen atoms in total. The molecule has 1 unspecified atom stereocenters. The fourth-order valence-corrected chi connectivity index (χ4v) is 3.26. The van der Waals surface area contributed by atoms with Crippen LogP contribution < -0.4 is 5.32 Å². The Labute approximate surface area is 160 Å². The van der Waals surface area contributed by atoms with Crippen molar-refractivity contribution in [2.75, 3.05) is 0 Å². The first-order valence-electron chi connectivity index (χ1n) is 8.76. The van der Waals surface area contributed by atoms with E-state index in [1.807, 2.05) is 66.2 Å². The smallest absolute Gasteiger partial charge is 0.252 e. The number of para-hydroxylation sites is 2. The van der Waals surface area contributed by atoms with Gasteiger partial charge in [-0.3, -0.25) is 4.79 Å². The van der Waals surface area contributed by atoms with E-state index in [2.05, 4.69) is 10.3 Å². The number of hydrogen-bond acceptors (Lipinski definition) is 2. The van der Waals surface area contributed by atoms with E-state index in [1.165, 1.54) is 0 Å². The number of hydrogen-bond donors (Lipinski definition) is 1. The van der Waals surface area contributed by atoms with Gasteiger partial charge in [0.15, 0.2) is 0 Å². The third-order valence-corrected chi connectivity index (χ3v) is 4.61. The lowest BCUT2D eigenvalue weighted by atomic mass is 10.1. The van der Waals surface area contributed by atoms with E-state index < -0.39 is 23.6 Å². The van der Waals surface area contributed by atoms with Crippen LogP contribution in [0, 0.1) is 11.6 Å². The molecule has 1 N–H and O–H groups in total. The monoisotopic (exact) mass is 377 g/mol. The summed E-state index contributed by atoms with van der Waals surface area (Å²) >= 11 is 0. The van der Waals surface area contributed by atoms with E-state index in [1.54, 1.807) is 0 Å². The van der Waals surface area contributed by atoms with E-state index in [9.17, 15) is 13.6 Å². The second-order valence-corrected chi connectivity index (χ2v) is 6.49. The van der Waals surface area contributed by atoms with E-state index in [0.717, 1.165) is 34.8 Å². The van der Waals surface area contributed by atoms with Gasteiger partial charge in [0, 0.05) is 18.7 Å². The lowest BCUT2D eigenvalue weighted by molar-refractivity contribution is 0.0940. The lowest BCUT2D eigenvalue weighted by Gasteiger charge is -2.19. The number of rotatable bonds is 4. The van der Waals surface area contributed by atoms with Crippen molar-refractivity contribution in [1.82, 2.24) is 14.9 Å². The van der Waals surface area contributed by atoms with Crippen LogP contribution in [0.4, 0.5) is 8.78 Å². The van der Waals surface area contributed by atoms with Crippen molar-refractivity contribution >= 4 is 16.9 Å². The molecule has 6 heteroatoms. The van der Waals surface area contributed by atoms with Gasteiger partial charge in [-0.1, -0.05) is 42.5 Å². The zero-order valence-corrected chi connectivity index (χ0v) is 15.1. The predicted molar refractivity (Wildman–Crippen MR) is 103 cm³/mol. The van der Waals surface area contributed by atoms with Crippen LogP contribution in [0.15, 0.2) is 72.8 Å². The van der Waals surface area contributed by atoms with Gasteiger partial charge in [-0.25, -0.2) is 13.8 Å². The van der Waals surface area contributed by atoms with Crippen molar-refractivity contribution in [3.8, 4) is 0 Å². The molecular weight excluding hydrogens is 360 g/mol. The van der Waals surface area contributed by atoms with Gasteiger partial charge in [0.05, 0.1) is 11.0 Å². The molecule has 1 aromatic heterocycles. The van der Waals surface area contributed by atoms with E-state index >= 15 is 0 Å². The number of fused-ring (bicyclic) bond motifs is 1. The van der Waals surface area contributed by atoms with Crippen molar-refractivity contribution in [1.29, 1.82) is 0 Å². The van der Waals surface area contributed by atoms with Crippen molar-refractivity contribution < 1.29 is 13.6 Å². The number of carbonyl (C=O) groups is 1. The van der Waals surface area contributed by atoms with Crippen molar-refractivity contribution in [3.63, 3.8) is 0 Å². The lowest BCUT2D eigenvalue weighted by Crippen LogP contribution is -2.31. The zero-order chi connectivity index (χ0) is 19.7. The Balaban J connectivity index is 1.78. The number of aryl methyl sites for hydroxylation is 1. The number of carbonyl (C=O) groups excluding carboxylic acids is 1. The van der Waals surface area contributed by atoms with Crippen LogP contribution in [0.5, 0.6) is 0 Å². The summed E-state index contributed by atoms with van der Waals surface area (Å²) in [6, 6.07) is 19.1. The number of amides is 1. The topological polar surface area (TPSA) is 46.9 Å². The number of benzene rings is 3. The van der Waals surface area contributed by atoms with Gasteiger partial charge in [0.1, 0.15) is 23.5 Å². The van der Waals surface area contributed by atoms with Crippen LogP contribution in [0.2, 0.25) is 0 Å². The quantitative estimate of drug-likeness (QED) is 0.574. The summed E-state index contributed by atoms with van der Waals surface area (Å²) in [5, 5.41) is 2.87. The molecule has 3 aromatic carbocycles. The van der Waals surface area contributed by atoms with Gasteiger partial charge in [0.2, 0.25) is 0 Å². The Bertz CT molecular complexity index is 1130. The molecule has 4 rings (SSSR count). The molecule has 0 saturated heterocycles. The fourth-order valence-electron chi connectivity index (χ4n) is 3.26. The van der Waals surface area contributed by atoms with Gasteiger partial charge < -0.3 is 9.88 Å². The van der Waals surface area contributed by atoms with Crippen LogP contribution in [-0.2, 0) is 7.05 Å². The molecule has 28 heavy (non-hydrogen) atoms. The van der Waals surface area contributed by atoms with Gasteiger partial charge in [-0.05, 0) is 29.8 Å². The maximum Gasteiger partial charge on any atom is 0.252 e. The highest BCUT2D eigenvalue weighted by Crippen LogP contribution is 2.25. The Morgan fingerprint density at radius 2 is 1.61 bits per heavy atom. The molecule has 0 fully saturated rings. The molecule has 0 aliphatic carbocycles.